The molecule has 0 saturated carbocycles. The van der Waals surface area contributed by atoms with Crippen molar-refractivity contribution >= 4 is 17.6 Å². The van der Waals surface area contributed by atoms with Crippen molar-refractivity contribution < 1.29 is 0 Å². The maximum Gasteiger partial charge on any atom is 0.163 e. The molecule has 0 N–H and O–H groups in total. The smallest absolute Gasteiger partial charge is 0.163 e. The quantitative estimate of drug-likeness (QED) is 0.541. The second-order valence-corrected chi connectivity index (χ2v) is 7.47. The van der Waals surface area contributed by atoms with E-state index in [-0.39, 0.29) is 0 Å². The summed E-state index contributed by atoms with van der Waals surface area (Å²) in [6.45, 7) is 7.41. The maximum absolute atomic E-state index is 4.63. The topological polar surface area (TPSA) is 46.3 Å². The van der Waals surface area contributed by atoms with Crippen molar-refractivity contribution in [2.24, 2.45) is 4.99 Å². The lowest BCUT2D eigenvalue weighted by Gasteiger charge is -2.20. The van der Waals surface area contributed by atoms with Crippen LogP contribution < -0.4 is 4.90 Å². The third-order valence-electron chi connectivity index (χ3n) is 5.62. The highest BCUT2D eigenvalue weighted by Crippen LogP contribution is 2.25. The average molecular weight is 388 g/mol. The van der Waals surface area contributed by atoms with E-state index in [1.54, 1.807) is 0 Å². The predicted octanol–water partition coefficient (Wildman–Crippen LogP) is 5.27. The normalized spacial score (nSPS) is 14.0. The summed E-state index contributed by atoms with van der Waals surface area (Å²) in [4.78, 5) is 6.97. The molecule has 1 aliphatic heterocycles. The Morgan fingerprint density at radius 1 is 0.931 bits per heavy atom. The molecule has 1 aromatic heterocycles. The average Bonchev–Trinajstić information content (AvgIpc) is 3.02. The number of aromatic nitrogens is 3. The Balaban J connectivity index is 1.47. The van der Waals surface area contributed by atoms with E-state index in [0.717, 1.165) is 54.5 Å². The predicted molar refractivity (Wildman–Crippen MR) is 120 cm³/mol. The van der Waals surface area contributed by atoms with Gasteiger partial charge >= 0.3 is 0 Å². The highest BCUT2D eigenvalue weighted by Gasteiger charge is 2.15. The Morgan fingerprint density at radius 2 is 1.69 bits per heavy atom. The van der Waals surface area contributed by atoms with Gasteiger partial charge in [0.1, 0.15) is 5.82 Å². The Labute approximate surface area is 173 Å². The zero-order valence-electron chi connectivity index (χ0n) is 17.4. The zero-order valence-corrected chi connectivity index (χ0v) is 17.4. The zero-order chi connectivity index (χ0) is 20.1. The second kappa shape index (κ2) is 9.03. The molecule has 0 bridgehead atoms. The van der Waals surface area contributed by atoms with E-state index in [2.05, 4.69) is 87.0 Å². The Bertz CT molecular complexity index is 950. The lowest BCUT2D eigenvalue weighted by atomic mass is 10.2. The number of fused-ring (bicyclic) bond motifs is 1. The number of hydrogen-bond acceptors (Lipinski definition) is 4. The first-order valence-electron chi connectivity index (χ1n) is 10.7. The van der Waals surface area contributed by atoms with Gasteiger partial charge < -0.3 is 9.47 Å². The molecule has 2 aromatic carbocycles. The van der Waals surface area contributed by atoms with E-state index < -0.39 is 0 Å². The van der Waals surface area contributed by atoms with Crippen LogP contribution in [0.1, 0.15) is 44.5 Å². The molecule has 3 aromatic rings. The Hall–Kier alpha value is -2.95. The van der Waals surface area contributed by atoms with Gasteiger partial charge in [0.2, 0.25) is 0 Å². The van der Waals surface area contributed by atoms with Gasteiger partial charge in [-0.2, -0.15) is 0 Å². The van der Waals surface area contributed by atoms with Crippen molar-refractivity contribution in [1.82, 2.24) is 14.8 Å². The van der Waals surface area contributed by atoms with E-state index in [1.807, 2.05) is 6.21 Å². The number of aryl methyl sites for hydroxylation is 1. The van der Waals surface area contributed by atoms with Gasteiger partial charge in [0.25, 0.3) is 0 Å². The molecule has 0 amide bonds. The van der Waals surface area contributed by atoms with Crippen LogP contribution in [0.2, 0.25) is 0 Å². The molecule has 1 aliphatic rings. The minimum Gasteiger partial charge on any atom is -0.372 e. The van der Waals surface area contributed by atoms with E-state index in [4.69, 9.17) is 0 Å². The van der Waals surface area contributed by atoms with Crippen molar-refractivity contribution in [2.45, 2.75) is 46.1 Å². The minimum absolute atomic E-state index is 0.942. The summed E-state index contributed by atoms with van der Waals surface area (Å²) in [6.07, 6.45) is 6.63. The van der Waals surface area contributed by atoms with Crippen LogP contribution >= 0.6 is 0 Å². The Morgan fingerprint density at radius 3 is 2.41 bits per heavy atom. The molecule has 0 spiro atoms. The fourth-order valence-electron chi connectivity index (χ4n) is 3.90. The number of nitrogens with zero attached hydrogens (tertiary/aromatic N) is 5. The first-order valence-corrected chi connectivity index (χ1v) is 10.7. The van der Waals surface area contributed by atoms with E-state index in [0.29, 0.717) is 0 Å². The summed E-state index contributed by atoms with van der Waals surface area (Å²) >= 11 is 0. The Kier molecular flexibility index (Phi) is 6.03. The summed E-state index contributed by atoms with van der Waals surface area (Å²) in [5.41, 5.74) is 4.40. The SMILES string of the molecule is CCN(CC)c1ccc(C=Nc2ccc(-c3nnc4n3CCCCC4)cc2)cc1. The first-order chi connectivity index (χ1) is 14.3. The summed E-state index contributed by atoms with van der Waals surface area (Å²) in [6, 6.07) is 16.9. The third-order valence-corrected chi connectivity index (χ3v) is 5.62. The van der Waals surface area contributed by atoms with Gasteiger partial charge in [0.15, 0.2) is 5.82 Å². The number of benzene rings is 2. The van der Waals surface area contributed by atoms with E-state index >= 15 is 0 Å². The van der Waals surface area contributed by atoms with Gasteiger partial charge in [0, 0.05) is 43.5 Å². The molecule has 29 heavy (non-hydrogen) atoms. The lowest BCUT2D eigenvalue weighted by Crippen LogP contribution is -2.21. The minimum atomic E-state index is 0.942. The fraction of sp³-hybridized carbons (Fsp3) is 0.375. The first kappa shape index (κ1) is 19.4. The molecule has 0 fully saturated rings. The fourth-order valence-corrected chi connectivity index (χ4v) is 3.90. The van der Waals surface area contributed by atoms with Crippen LogP contribution in [0.4, 0.5) is 11.4 Å². The molecular weight excluding hydrogens is 358 g/mol. The van der Waals surface area contributed by atoms with Gasteiger partial charge in [-0.3, -0.25) is 4.99 Å². The van der Waals surface area contributed by atoms with Crippen LogP contribution in [0.25, 0.3) is 11.4 Å². The molecule has 4 rings (SSSR count). The van der Waals surface area contributed by atoms with Crippen LogP contribution in [0, 0.1) is 0 Å². The number of aliphatic imine (C=N–C) groups is 1. The van der Waals surface area contributed by atoms with E-state index in [9.17, 15) is 0 Å². The number of rotatable bonds is 6. The van der Waals surface area contributed by atoms with Crippen molar-refractivity contribution in [3.8, 4) is 11.4 Å². The highest BCUT2D eigenvalue weighted by molar-refractivity contribution is 5.82. The van der Waals surface area contributed by atoms with Gasteiger partial charge in [0.05, 0.1) is 5.69 Å². The summed E-state index contributed by atoms with van der Waals surface area (Å²) < 4.78 is 2.28. The molecule has 0 unspecified atom stereocenters. The van der Waals surface area contributed by atoms with Crippen LogP contribution in [-0.2, 0) is 13.0 Å². The molecule has 5 heteroatoms. The van der Waals surface area contributed by atoms with Crippen molar-refractivity contribution in [3.63, 3.8) is 0 Å². The lowest BCUT2D eigenvalue weighted by molar-refractivity contribution is 0.636. The molecule has 0 saturated heterocycles. The molecule has 5 nitrogen and oxygen atoms in total. The second-order valence-electron chi connectivity index (χ2n) is 7.47. The molecule has 0 radical (unpaired) electrons. The molecule has 0 aliphatic carbocycles. The van der Waals surface area contributed by atoms with Crippen LogP contribution in [0.5, 0.6) is 0 Å². The molecular formula is C24H29N5. The van der Waals surface area contributed by atoms with Crippen molar-refractivity contribution in [3.05, 3.63) is 59.9 Å². The summed E-state index contributed by atoms with van der Waals surface area (Å²) in [5.74, 6) is 2.09. The van der Waals surface area contributed by atoms with Crippen molar-refractivity contribution in [1.29, 1.82) is 0 Å². The highest BCUT2D eigenvalue weighted by atomic mass is 15.3. The van der Waals surface area contributed by atoms with Crippen molar-refractivity contribution in [2.75, 3.05) is 18.0 Å². The molecule has 150 valence electrons. The van der Waals surface area contributed by atoms with Gasteiger partial charge in [-0.1, -0.05) is 18.6 Å². The number of anilines is 1. The largest absolute Gasteiger partial charge is 0.372 e. The molecule has 0 atom stereocenters. The standard InChI is InChI=1S/C24H29N5/c1-3-28(4-2)22-15-9-19(10-16-22)18-25-21-13-11-20(12-14-21)24-27-26-23-8-6-5-7-17-29(23)24/h9-16,18H,3-8,17H2,1-2H3. The van der Waals surface area contributed by atoms with E-state index in [1.165, 1.54) is 24.9 Å². The van der Waals surface area contributed by atoms with Gasteiger partial charge in [-0.05, 0) is 68.7 Å². The van der Waals surface area contributed by atoms with Crippen LogP contribution in [0.3, 0.4) is 0 Å². The van der Waals surface area contributed by atoms with Gasteiger partial charge in [-0.15, -0.1) is 10.2 Å². The molecule has 2 heterocycles. The summed E-state index contributed by atoms with van der Waals surface area (Å²) in [5, 5.41) is 8.84. The number of hydrogen-bond donors (Lipinski definition) is 0. The van der Waals surface area contributed by atoms with Crippen LogP contribution in [-0.4, -0.2) is 34.1 Å². The van der Waals surface area contributed by atoms with Crippen LogP contribution in [0.15, 0.2) is 53.5 Å². The third kappa shape index (κ3) is 4.39. The van der Waals surface area contributed by atoms with Gasteiger partial charge in [-0.25, -0.2) is 0 Å². The summed E-state index contributed by atoms with van der Waals surface area (Å²) in [7, 11) is 0. The monoisotopic (exact) mass is 387 g/mol. The maximum atomic E-state index is 4.63.